The second kappa shape index (κ2) is 7.19. The van der Waals surface area contributed by atoms with Crippen LogP contribution in [0.2, 0.25) is 0 Å². The van der Waals surface area contributed by atoms with Crippen LogP contribution in [0.25, 0.3) is 22.6 Å². The Labute approximate surface area is 145 Å². The van der Waals surface area contributed by atoms with Crippen LogP contribution in [0.15, 0.2) is 60.7 Å². The van der Waals surface area contributed by atoms with Crippen LogP contribution in [0.3, 0.4) is 0 Å². The van der Waals surface area contributed by atoms with Gasteiger partial charge in [0.1, 0.15) is 16.0 Å². The molecule has 0 saturated heterocycles. The van der Waals surface area contributed by atoms with Gasteiger partial charge in [-0.25, -0.2) is 9.78 Å². The fourth-order valence-corrected chi connectivity index (χ4v) is 2.70. The number of ether oxygens (including phenoxy) is 1. The standard InChI is InChI=1S/C19H16N2O2S/c1-2-23-19(22)15-16(13-9-5-3-6-10-13)20-17(21-18(15)24)14-11-7-4-8-12-14/h3-12H,2H2,1H3,(H,20,21,24). The molecule has 3 aromatic rings. The number of aromatic amines is 1. The highest BCUT2D eigenvalue weighted by molar-refractivity contribution is 7.71. The SMILES string of the molecule is CCOC(=O)c1c(-c2ccccc2)[nH]c(-c2ccccc2)nc1=S. The monoisotopic (exact) mass is 336 g/mol. The Morgan fingerprint density at radius 1 is 1.04 bits per heavy atom. The molecule has 0 bridgehead atoms. The van der Waals surface area contributed by atoms with Gasteiger partial charge in [-0.1, -0.05) is 72.9 Å². The lowest BCUT2D eigenvalue weighted by atomic mass is 10.1. The molecule has 0 aliphatic heterocycles. The van der Waals surface area contributed by atoms with Gasteiger partial charge in [0.05, 0.1) is 12.3 Å². The van der Waals surface area contributed by atoms with Crippen molar-refractivity contribution >= 4 is 18.2 Å². The molecule has 1 aromatic heterocycles. The van der Waals surface area contributed by atoms with Crippen LogP contribution in [0.5, 0.6) is 0 Å². The Morgan fingerprint density at radius 3 is 2.21 bits per heavy atom. The molecule has 0 spiro atoms. The molecule has 1 N–H and O–H groups in total. The van der Waals surface area contributed by atoms with Gasteiger partial charge >= 0.3 is 5.97 Å². The molecule has 1 heterocycles. The molecule has 3 rings (SSSR count). The summed E-state index contributed by atoms with van der Waals surface area (Å²) >= 11 is 5.39. The summed E-state index contributed by atoms with van der Waals surface area (Å²) in [5.74, 6) is 0.150. The summed E-state index contributed by atoms with van der Waals surface area (Å²) in [5.41, 5.74) is 2.66. The smallest absolute Gasteiger partial charge is 0.343 e. The first kappa shape index (κ1) is 16.1. The third kappa shape index (κ3) is 3.26. The lowest BCUT2D eigenvalue weighted by Crippen LogP contribution is -2.10. The second-order valence-electron chi connectivity index (χ2n) is 5.09. The number of nitrogens with zero attached hydrogens (tertiary/aromatic N) is 1. The van der Waals surface area contributed by atoms with Gasteiger partial charge in [-0.2, -0.15) is 0 Å². The number of rotatable bonds is 4. The first-order valence-corrected chi connectivity index (χ1v) is 8.03. The molecule has 24 heavy (non-hydrogen) atoms. The van der Waals surface area contributed by atoms with Crippen LogP contribution in [0.1, 0.15) is 17.3 Å². The minimum Gasteiger partial charge on any atom is -0.462 e. The summed E-state index contributed by atoms with van der Waals surface area (Å²) in [6.45, 7) is 2.04. The van der Waals surface area contributed by atoms with E-state index < -0.39 is 5.97 Å². The normalized spacial score (nSPS) is 10.4. The van der Waals surface area contributed by atoms with Gasteiger partial charge in [-0.05, 0) is 12.5 Å². The Hall–Kier alpha value is -2.79. The van der Waals surface area contributed by atoms with E-state index in [-0.39, 0.29) is 16.8 Å². The summed E-state index contributed by atoms with van der Waals surface area (Å²) in [4.78, 5) is 20.0. The van der Waals surface area contributed by atoms with Crippen LogP contribution in [-0.4, -0.2) is 22.5 Å². The number of H-pyrrole nitrogens is 1. The van der Waals surface area contributed by atoms with E-state index in [9.17, 15) is 4.79 Å². The molecule has 120 valence electrons. The number of carbonyl (C=O) groups is 1. The maximum atomic E-state index is 12.4. The van der Waals surface area contributed by atoms with Gasteiger partial charge in [0.15, 0.2) is 0 Å². The number of aromatic nitrogens is 2. The van der Waals surface area contributed by atoms with Crippen LogP contribution < -0.4 is 0 Å². The van der Waals surface area contributed by atoms with Crippen molar-refractivity contribution in [2.45, 2.75) is 6.92 Å². The quantitative estimate of drug-likeness (QED) is 0.556. The van der Waals surface area contributed by atoms with E-state index >= 15 is 0 Å². The van der Waals surface area contributed by atoms with Crippen molar-refractivity contribution in [2.24, 2.45) is 0 Å². The van der Waals surface area contributed by atoms with Crippen LogP contribution in [0, 0.1) is 4.64 Å². The van der Waals surface area contributed by atoms with Crippen molar-refractivity contribution in [3.63, 3.8) is 0 Å². The predicted octanol–water partition coefficient (Wildman–Crippen LogP) is 4.65. The summed E-state index contributed by atoms with van der Waals surface area (Å²) < 4.78 is 5.38. The maximum Gasteiger partial charge on any atom is 0.343 e. The lowest BCUT2D eigenvalue weighted by Gasteiger charge is -2.12. The fourth-order valence-electron chi connectivity index (χ4n) is 2.42. The first-order valence-electron chi connectivity index (χ1n) is 7.63. The summed E-state index contributed by atoms with van der Waals surface area (Å²) in [5, 5.41) is 0. The zero-order valence-corrected chi connectivity index (χ0v) is 14.0. The predicted molar refractivity (Wildman–Crippen MR) is 96.3 cm³/mol. The topological polar surface area (TPSA) is 55.0 Å². The zero-order valence-electron chi connectivity index (χ0n) is 13.2. The number of carbonyl (C=O) groups excluding carboxylic acids is 1. The zero-order chi connectivity index (χ0) is 16.9. The van der Waals surface area contributed by atoms with Gasteiger partial charge < -0.3 is 9.72 Å². The van der Waals surface area contributed by atoms with Gasteiger partial charge in [0, 0.05) is 5.56 Å². The van der Waals surface area contributed by atoms with Gasteiger partial charge in [0.25, 0.3) is 0 Å². The molecule has 0 aliphatic rings. The van der Waals surface area contributed by atoms with E-state index in [1.165, 1.54) is 0 Å². The third-order valence-corrected chi connectivity index (χ3v) is 3.81. The molecule has 5 heteroatoms. The Kier molecular flexibility index (Phi) is 4.82. The highest BCUT2D eigenvalue weighted by atomic mass is 32.1. The van der Waals surface area contributed by atoms with Gasteiger partial charge in [-0.15, -0.1) is 0 Å². The molecule has 0 unspecified atom stereocenters. The van der Waals surface area contributed by atoms with Crippen molar-refractivity contribution in [3.05, 3.63) is 70.9 Å². The average molecular weight is 336 g/mol. The lowest BCUT2D eigenvalue weighted by molar-refractivity contribution is 0.0525. The molecule has 2 aromatic carbocycles. The highest BCUT2D eigenvalue weighted by Crippen LogP contribution is 2.26. The minimum atomic E-state index is -0.468. The molecular weight excluding hydrogens is 320 g/mol. The van der Waals surface area contributed by atoms with Crippen molar-refractivity contribution in [1.82, 2.24) is 9.97 Å². The van der Waals surface area contributed by atoms with E-state index in [0.717, 1.165) is 11.1 Å². The van der Waals surface area contributed by atoms with Crippen LogP contribution >= 0.6 is 12.2 Å². The molecule has 0 saturated carbocycles. The fraction of sp³-hybridized carbons (Fsp3) is 0.105. The average Bonchev–Trinajstić information content (AvgIpc) is 2.62. The molecule has 0 aliphatic carbocycles. The van der Waals surface area contributed by atoms with Crippen LogP contribution in [-0.2, 0) is 4.74 Å². The van der Waals surface area contributed by atoms with E-state index in [0.29, 0.717) is 11.5 Å². The highest BCUT2D eigenvalue weighted by Gasteiger charge is 2.19. The van der Waals surface area contributed by atoms with Crippen molar-refractivity contribution in [2.75, 3.05) is 6.61 Å². The Morgan fingerprint density at radius 2 is 1.62 bits per heavy atom. The van der Waals surface area contributed by atoms with Crippen molar-refractivity contribution in [1.29, 1.82) is 0 Å². The maximum absolute atomic E-state index is 12.4. The number of esters is 1. The number of benzene rings is 2. The summed E-state index contributed by atoms with van der Waals surface area (Å²) in [6.07, 6.45) is 0. The second-order valence-corrected chi connectivity index (χ2v) is 5.48. The molecule has 0 radical (unpaired) electrons. The van der Waals surface area contributed by atoms with E-state index in [2.05, 4.69) is 9.97 Å². The Bertz CT molecular complexity index is 906. The number of hydrogen-bond donors (Lipinski definition) is 1. The van der Waals surface area contributed by atoms with Crippen molar-refractivity contribution < 1.29 is 9.53 Å². The molecule has 0 amide bonds. The van der Waals surface area contributed by atoms with E-state index in [1.807, 2.05) is 60.7 Å². The summed E-state index contributed by atoms with van der Waals surface area (Å²) in [6, 6.07) is 19.2. The number of hydrogen-bond acceptors (Lipinski definition) is 4. The molecule has 4 nitrogen and oxygen atoms in total. The first-order chi connectivity index (χ1) is 11.7. The van der Waals surface area contributed by atoms with Crippen LogP contribution in [0.4, 0.5) is 0 Å². The molecule has 0 atom stereocenters. The van der Waals surface area contributed by atoms with E-state index in [4.69, 9.17) is 17.0 Å². The Balaban J connectivity index is 2.24. The largest absolute Gasteiger partial charge is 0.462 e. The molecule has 0 fully saturated rings. The van der Waals surface area contributed by atoms with Gasteiger partial charge in [-0.3, -0.25) is 0 Å². The third-order valence-electron chi connectivity index (χ3n) is 3.51. The molecular formula is C19H16N2O2S. The van der Waals surface area contributed by atoms with E-state index in [1.54, 1.807) is 6.92 Å². The number of nitrogens with one attached hydrogen (secondary N) is 1. The van der Waals surface area contributed by atoms with Gasteiger partial charge in [0.2, 0.25) is 0 Å². The van der Waals surface area contributed by atoms with Crippen molar-refractivity contribution in [3.8, 4) is 22.6 Å². The summed E-state index contributed by atoms with van der Waals surface area (Å²) in [7, 11) is 0. The minimum absolute atomic E-state index is 0.227.